The molecule has 20 heavy (non-hydrogen) atoms. The van der Waals surface area contributed by atoms with Gasteiger partial charge in [-0.3, -0.25) is 4.79 Å². The fraction of sp³-hybridized carbons (Fsp3) is 0.389. The number of unbranched alkanes of at least 4 members (excludes halogenated alkanes) is 1. The van der Waals surface area contributed by atoms with E-state index in [1.165, 1.54) is 4.91 Å². The van der Waals surface area contributed by atoms with E-state index in [0.29, 0.717) is 0 Å². The lowest BCUT2D eigenvalue weighted by atomic mass is 10.0. The minimum atomic E-state index is 0.161. The fourth-order valence-corrected chi connectivity index (χ4v) is 2.81. The summed E-state index contributed by atoms with van der Waals surface area (Å²) in [4.78, 5) is 13.7. The summed E-state index contributed by atoms with van der Waals surface area (Å²) < 4.78 is 0. The number of carbonyl (C=O) groups is 1. The topological polar surface area (TPSA) is 17.1 Å². The van der Waals surface area contributed by atoms with E-state index in [4.69, 9.17) is 0 Å². The Morgan fingerprint density at radius 3 is 2.40 bits per heavy atom. The average Bonchev–Trinajstić information content (AvgIpc) is 2.48. The molecule has 0 amide bonds. The van der Waals surface area contributed by atoms with Crippen LogP contribution in [0.2, 0.25) is 0 Å². The summed E-state index contributed by atoms with van der Waals surface area (Å²) in [6.45, 7) is 6.03. The summed E-state index contributed by atoms with van der Waals surface area (Å²) >= 11 is 1.70. The van der Waals surface area contributed by atoms with Crippen molar-refractivity contribution in [2.45, 2.75) is 40.0 Å². The second-order valence-electron chi connectivity index (χ2n) is 4.92. The Kier molecular flexibility index (Phi) is 7.38. The predicted molar refractivity (Wildman–Crippen MR) is 90.8 cm³/mol. The number of ketones is 1. The highest BCUT2D eigenvalue weighted by atomic mass is 32.2. The minimum Gasteiger partial charge on any atom is -0.289 e. The summed E-state index contributed by atoms with van der Waals surface area (Å²) in [5.41, 5.74) is 2.78. The molecule has 0 aliphatic carbocycles. The molecule has 0 aliphatic heterocycles. The second kappa shape index (κ2) is 8.80. The zero-order valence-corrected chi connectivity index (χ0v) is 13.7. The van der Waals surface area contributed by atoms with E-state index in [2.05, 4.69) is 13.2 Å². The summed E-state index contributed by atoms with van der Waals surface area (Å²) in [7, 11) is 0. The van der Waals surface area contributed by atoms with Crippen LogP contribution < -0.4 is 0 Å². The Labute approximate surface area is 127 Å². The predicted octanol–water partition coefficient (Wildman–Crippen LogP) is 5.49. The molecular formula is C18H24OS. The molecule has 2 heteroatoms. The summed E-state index contributed by atoms with van der Waals surface area (Å²) in [5.74, 6) is 0.161. The number of hydrogen-bond acceptors (Lipinski definition) is 2. The minimum absolute atomic E-state index is 0.161. The Balaban J connectivity index is 2.92. The Morgan fingerprint density at radius 1 is 1.20 bits per heavy atom. The maximum atomic E-state index is 12.5. The highest BCUT2D eigenvalue weighted by Gasteiger charge is 2.12. The summed E-state index contributed by atoms with van der Waals surface area (Å²) in [5, 5.41) is 0. The van der Waals surface area contributed by atoms with Crippen LogP contribution in [0, 0.1) is 0 Å². The number of carbonyl (C=O) groups excluding carboxylic acids is 1. The summed E-state index contributed by atoms with van der Waals surface area (Å²) in [6, 6.07) is 9.99. The molecule has 0 N–H and O–H groups in total. The lowest BCUT2D eigenvalue weighted by molar-refractivity contribution is -0.112. The van der Waals surface area contributed by atoms with Crippen molar-refractivity contribution in [1.82, 2.24) is 0 Å². The fourth-order valence-electron chi connectivity index (χ4n) is 2.07. The lowest BCUT2D eigenvalue weighted by Crippen LogP contribution is -2.03. The van der Waals surface area contributed by atoms with E-state index in [-0.39, 0.29) is 5.78 Å². The molecule has 0 saturated carbocycles. The molecule has 0 heterocycles. The van der Waals surface area contributed by atoms with Crippen molar-refractivity contribution in [3.63, 3.8) is 0 Å². The van der Waals surface area contributed by atoms with Gasteiger partial charge in [0.25, 0.3) is 0 Å². The highest BCUT2D eigenvalue weighted by molar-refractivity contribution is 8.02. The van der Waals surface area contributed by atoms with Crippen molar-refractivity contribution in [2.24, 2.45) is 0 Å². The van der Waals surface area contributed by atoms with E-state index in [0.717, 1.165) is 36.0 Å². The number of hydrogen-bond donors (Lipinski definition) is 0. The van der Waals surface area contributed by atoms with Crippen LogP contribution in [0.5, 0.6) is 0 Å². The maximum absolute atomic E-state index is 12.5. The van der Waals surface area contributed by atoms with Crippen molar-refractivity contribution in [2.75, 3.05) is 6.26 Å². The SMILES string of the molecule is CCCC/C(SC)=C(\C)C(=O)/C(C)=C/c1ccccc1. The zero-order chi connectivity index (χ0) is 15.0. The normalized spacial score (nSPS) is 13.1. The van der Waals surface area contributed by atoms with Crippen LogP contribution in [0.1, 0.15) is 45.6 Å². The third-order valence-electron chi connectivity index (χ3n) is 3.30. The van der Waals surface area contributed by atoms with Gasteiger partial charge in [0.15, 0.2) is 5.78 Å². The quantitative estimate of drug-likeness (QED) is 0.617. The maximum Gasteiger partial charge on any atom is 0.185 e. The average molecular weight is 288 g/mol. The number of benzene rings is 1. The van der Waals surface area contributed by atoms with Crippen LogP contribution in [0.25, 0.3) is 6.08 Å². The third-order valence-corrected chi connectivity index (χ3v) is 4.31. The Bertz CT molecular complexity index is 497. The first-order valence-corrected chi connectivity index (χ1v) is 8.34. The smallest absolute Gasteiger partial charge is 0.185 e. The molecule has 0 unspecified atom stereocenters. The van der Waals surface area contributed by atoms with E-state index in [1.807, 2.05) is 50.3 Å². The summed E-state index contributed by atoms with van der Waals surface area (Å²) in [6.07, 6.45) is 7.32. The van der Waals surface area contributed by atoms with Gasteiger partial charge in [-0.15, -0.1) is 11.8 Å². The van der Waals surface area contributed by atoms with Crippen LogP contribution in [0.3, 0.4) is 0 Å². The van der Waals surface area contributed by atoms with Crippen LogP contribution >= 0.6 is 11.8 Å². The van der Waals surface area contributed by atoms with Crippen molar-refractivity contribution in [3.8, 4) is 0 Å². The monoisotopic (exact) mass is 288 g/mol. The molecule has 0 saturated heterocycles. The molecule has 1 rings (SSSR count). The van der Waals surface area contributed by atoms with E-state index < -0.39 is 0 Å². The van der Waals surface area contributed by atoms with Crippen LogP contribution in [-0.4, -0.2) is 12.0 Å². The number of allylic oxidation sites excluding steroid dienone is 3. The molecule has 0 bridgehead atoms. The molecule has 1 aromatic rings. The molecule has 0 atom stereocenters. The molecule has 0 aromatic heterocycles. The van der Waals surface area contributed by atoms with E-state index >= 15 is 0 Å². The number of thioether (sulfide) groups is 1. The van der Waals surface area contributed by atoms with E-state index in [9.17, 15) is 4.79 Å². The molecule has 0 spiro atoms. The van der Waals surface area contributed by atoms with Gasteiger partial charge in [-0.2, -0.15) is 0 Å². The van der Waals surface area contributed by atoms with Gasteiger partial charge < -0.3 is 0 Å². The first kappa shape index (κ1) is 16.8. The van der Waals surface area contributed by atoms with Gasteiger partial charge in [0.2, 0.25) is 0 Å². The number of Topliss-reactive ketones (excluding diaryl/α,β-unsaturated/α-hetero) is 1. The van der Waals surface area contributed by atoms with Crippen molar-refractivity contribution >= 4 is 23.6 Å². The first-order chi connectivity index (χ1) is 9.60. The van der Waals surface area contributed by atoms with Gasteiger partial charge in [-0.05, 0) is 55.1 Å². The lowest BCUT2D eigenvalue weighted by Gasteiger charge is -2.09. The van der Waals surface area contributed by atoms with Crippen molar-refractivity contribution in [1.29, 1.82) is 0 Å². The van der Waals surface area contributed by atoms with Gasteiger partial charge in [0.1, 0.15) is 0 Å². The molecule has 0 fully saturated rings. The molecule has 0 radical (unpaired) electrons. The van der Waals surface area contributed by atoms with Gasteiger partial charge in [-0.1, -0.05) is 43.7 Å². The van der Waals surface area contributed by atoms with Crippen molar-refractivity contribution in [3.05, 3.63) is 51.9 Å². The van der Waals surface area contributed by atoms with Crippen molar-refractivity contribution < 1.29 is 4.79 Å². The van der Waals surface area contributed by atoms with Crippen LogP contribution in [0.15, 0.2) is 46.4 Å². The van der Waals surface area contributed by atoms with Gasteiger partial charge >= 0.3 is 0 Å². The zero-order valence-electron chi connectivity index (χ0n) is 12.9. The van der Waals surface area contributed by atoms with Crippen LogP contribution in [0.4, 0.5) is 0 Å². The molecular weight excluding hydrogens is 264 g/mol. The van der Waals surface area contributed by atoms with E-state index in [1.54, 1.807) is 11.8 Å². The first-order valence-electron chi connectivity index (χ1n) is 7.12. The number of rotatable bonds is 7. The Hall–Kier alpha value is -1.28. The van der Waals surface area contributed by atoms with Gasteiger partial charge in [0.05, 0.1) is 0 Å². The van der Waals surface area contributed by atoms with Gasteiger partial charge in [0, 0.05) is 5.57 Å². The largest absolute Gasteiger partial charge is 0.289 e. The molecule has 1 aromatic carbocycles. The second-order valence-corrected chi connectivity index (χ2v) is 5.82. The third kappa shape index (κ3) is 5.01. The molecule has 0 aliphatic rings. The van der Waals surface area contributed by atoms with Gasteiger partial charge in [-0.25, -0.2) is 0 Å². The standard InChI is InChI=1S/C18H24OS/c1-5-6-12-17(20-4)15(3)18(19)14(2)13-16-10-8-7-9-11-16/h7-11,13H,5-6,12H2,1-4H3/b14-13+,17-15-. The Morgan fingerprint density at radius 2 is 1.85 bits per heavy atom. The highest BCUT2D eigenvalue weighted by Crippen LogP contribution is 2.25. The molecule has 1 nitrogen and oxygen atoms in total. The molecule has 108 valence electrons. The van der Waals surface area contributed by atoms with Crippen LogP contribution in [-0.2, 0) is 4.79 Å².